The Hall–Kier alpha value is -0.370. The molecule has 0 rings (SSSR count). The third-order valence-corrected chi connectivity index (χ3v) is 1.43. The van der Waals surface area contributed by atoms with Crippen LogP contribution in [0.3, 0.4) is 0 Å². The predicted molar refractivity (Wildman–Crippen MR) is 47.6 cm³/mol. The lowest BCUT2D eigenvalue weighted by Gasteiger charge is -2.05. The fourth-order valence-electron chi connectivity index (χ4n) is 0.853. The standard InChI is InChI=1S/C9H19NO/c1-8(2)7-10-6-4-5-9(3)11/h8,10H,4-7H2,1-3H3. The lowest BCUT2D eigenvalue weighted by Crippen LogP contribution is -2.21. The van der Waals surface area contributed by atoms with Gasteiger partial charge in [0.15, 0.2) is 0 Å². The van der Waals surface area contributed by atoms with Crippen LogP contribution in [0.25, 0.3) is 0 Å². The van der Waals surface area contributed by atoms with Gasteiger partial charge in [-0.05, 0) is 32.4 Å². The van der Waals surface area contributed by atoms with Gasteiger partial charge >= 0.3 is 0 Å². The highest BCUT2D eigenvalue weighted by molar-refractivity contribution is 5.75. The third kappa shape index (κ3) is 9.63. The second-order valence-corrected chi connectivity index (χ2v) is 3.40. The number of carbonyl (C=O) groups is 1. The fourth-order valence-corrected chi connectivity index (χ4v) is 0.853. The third-order valence-electron chi connectivity index (χ3n) is 1.43. The molecule has 0 atom stereocenters. The first kappa shape index (κ1) is 10.6. The zero-order valence-electron chi connectivity index (χ0n) is 7.81. The van der Waals surface area contributed by atoms with Crippen molar-refractivity contribution in [2.45, 2.75) is 33.6 Å². The van der Waals surface area contributed by atoms with Crippen molar-refractivity contribution in [1.82, 2.24) is 5.32 Å². The fraction of sp³-hybridized carbons (Fsp3) is 0.889. The molecule has 0 bridgehead atoms. The molecule has 1 N–H and O–H groups in total. The summed E-state index contributed by atoms with van der Waals surface area (Å²) in [6, 6.07) is 0. The molecule has 0 aromatic carbocycles. The molecule has 0 amide bonds. The molecule has 0 fully saturated rings. The quantitative estimate of drug-likeness (QED) is 0.593. The minimum absolute atomic E-state index is 0.288. The largest absolute Gasteiger partial charge is 0.316 e. The normalized spacial score (nSPS) is 10.5. The van der Waals surface area contributed by atoms with Crippen LogP contribution in [0.2, 0.25) is 0 Å². The molecule has 0 heterocycles. The van der Waals surface area contributed by atoms with Crippen molar-refractivity contribution in [3.8, 4) is 0 Å². The minimum Gasteiger partial charge on any atom is -0.316 e. The molecule has 0 aromatic rings. The summed E-state index contributed by atoms with van der Waals surface area (Å²) in [6.45, 7) is 8.02. The molecule has 0 saturated carbocycles. The Morgan fingerprint density at radius 2 is 2.09 bits per heavy atom. The van der Waals surface area contributed by atoms with Gasteiger partial charge in [0.1, 0.15) is 5.78 Å². The van der Waals surface area contributed by atoms with Crippen LogP contribution in [0.15, 0.2) is 0 Å². The summed E-state index contributed by atoms with van der Waals surface area (Å²) in [5, 5.41) is 3.29. The lowest BCUT2D eigenvalue weighted by atomic mass is 10.2. The average molecular weight is 157 g/mol. The summed E-state index contributed by atoms with van der Waals surface area (Å²) in [5.41, 5.74) is 0. The Kier molecular flexibility index (Phi) is 6.13. The number of hydrogen-bond acceptors (Lipinski definition) is 2. The van der Waals surface area contributed by atoms with Crippen molar-refractivity contribution in [1.29, 1.82) is 0 Å². The van der Waals surface area contributed by atoms with Gasteiger partial charge in [-0.1, -0.05) is 13.8 Å². The van der Waals surface area contributed by atoms with Gasteiger partial charge in [0.25, 0.3) is 0 Å². The molecule has 0 aliphatic carbocycles. The zero-order chi connectivity index (χ0) is 8.69. The first-order valence-electron chi connectivity index (χ1n) is 4.33. The van der Waals surface area contributed by atoms with E-state index in [1.807, 2.05) is 0 Å². The maximum Gasteiger partial charge on any atom is 0.129 e. The lowest BCUT2D eigenvalue weighted by molar-refractivity contribution is -0.117. The van der Waals surface area contributed by atoms with Crippen molar-refractivity contribution < 1.29 is 4.79 Å². The smallest absolute Gasteiger partial charge is 0.129 e. The first-order valence-corrected chi connectivity index (χ1v) is 4.33. The van der Waals surface area contributed by atoms with Crippen LogP contribution >= 0.6 is 0 Å². The van der Waals surface area contributed by atoms with E-state index in [1.165, 1.54) is 0 Å². The summed E-state index contributed by atoms with van der Waals surface area (Å²) >= 11 is 0. The van der Waals surface area contributed by atoms with Crippen molar-refractivity contribution >= 4 is 5.78 Å². The van der Waals surface area contributed by atoms with Gasteiger partial charge in [0.05, 0.1) is 0 Å². The second kappa shape index (κ2) is 6.35. The maximum atomic E-state index is 10.5. The van der Waals surface area contributed by atoms with E-state index in [0.29, 0.717) is 12.3 Å². The molecule has 0 spiro atoms. The van der Waals surface area contributed by atoms with Crippen molar-refractivity contribution in [3.63, 3.8) is 0 Å². The van der Waals surface area contributed by atoms with E-state index < -0.39 is 0 Å². The molecule has 0 aromatic heterocycles. The van der Waals surface area contributed by atoms with Gasteiger partial charge in [0.2, 0.25) is 0 Å². The van der Waals surface area contributed by atoms with Crippen LogP contribution in [0.1, 0.15) is 33.6 Å². The molecule has 2 heteroatoms. The molecule has 11 heavy (non-hydrogen) atoms. The Labute approximate surface area is 69.4 Å². The monoisotopic (exact) mass is 157 g/mol. The minimum atomic E-state index is 0.288. The van der Waals surface area contributed by atoms with E-state index in [4.69, 9.17) is 0 Å². The highest BCUT2D eigenvalue weighted by atomic mass is 16.1. The van der Waals surface area contributed by atoms with Crippen LogP contribution in [0, 0.1) is 5.92 Å². The summed E-state index contributed by atoms with van der Waals surface area (Å²) in [4.78, 5) is 10.5. The van der Waals surface area contributed by atoms with Crippen molar-refractivity contribution in [3.05, 3.63) is 0 Å². The van der Waals surface area contributed by atoms with E-state index in [2.05, 4.69) is 19.2 Å². The predicted octanol–water partition coefficient (Wildman–Crippen LogP) is 1.60. The molecular formula is C9H19NO. The van der Waals surface area contributed by atoms with Gasteiger partial charge < -0.3 is 10.1 Å². The van der Waals surface area contributed by atoms with Gasteiger partial charge in [-0.15, -0.1) is 0 Å². The number of rotatable bonds is 6. The summed E-state index contributed by atoms with van der Waals surface area (Å²) in [7, 11) is 0. The molecule has 66 valence electrons. The topological polar surface area (TPSA) is 29.1 Å². The molecule has 0 radical (unpaired) electrons. The van der Waals surface area contributed by atoms with E-state index in [9.17, 15) is 4.79 Å². The number of ketones is 1. The molecule has 0 aliphatic heterocycles. The maximum absolute atomic E-state index is 10.5. The SMILES string of the molecule is CC(=O)CCCNCC(C)C. The first-order chi connectivity index (χ1) is 5.13. The van der Waals surface area contributed by atoms with Gasteiger partial charge in [-0.3, -0.25) is 0 Å². The van der Waals surface area contributed by atoms with Gasteiger partial charge in [-0.2, -0.15) is 0 Å². The van der Waals surface area contributed by atoms with E-state index in [1.54, 1.807) is 6.92 Å². The van der Waals surface area contributed by atoms with Gasteiger partial charge in [-0.25, -0.2) is 0 Å². The molecule has 0 saturated heterocycles. The number of nitrogens with one attached hydrogen (secondary N) is 1. The molecule has 0 unspecified atom stereocenters. The van der Waals surface area contributed by atoms with E-state index in [0.717, 1.165) is 19.5 Å². The highest BCUT2D eigenvalue weighted by Crippen LogP contribution is 1.90. The summed E-state index contributed by atoms with van der Waals surface area (Å²) in [6.07, 6.45) is 1.69. The van der Waals surface area contributed by atoms with Crippen LogP contribution in [-0.4, -0.2) is 18.9 Å². The summed E-state index contributed by atoms with van der Waals surface area (Å²) < 4.78 is 0. The zero-order valence-corrected chi connectivity index (χ0v) is 7.81. The Morgan fingerprint density at radius 3 is 2.55 bits per heavy atom. The summed E-state index contributed by atoms with van der Waals surface area (Å²) in [5.74, 6) is 0.990. The molecular weight excluding hydrogens is 138 g/mol. The van der Waals surface area contributed by atoms with E-state index in [-0.39, 0.29) is 5.78 Å². The van der Waals surface area contributed by atoms with Crippen LogP contribution < -0.4 is 5.32 Å². The Balaban J connectivity index is 2.97. The second-order valence-electron chi connectivity index (χ2n) is 3.40. The van der Waals surface area contributed by atoms with Crippen LogP contribution in [-0.2, 0) is 4.79 Å². The molecule has 0 aliphatic rings. The number of carbonyl (C=O) groups excluding carboxylic acids is 1. The van der Waals surface area contributed by atoms with Crippen molar-refractivity contribution in [2.24, 2.45) is 5.92 Å². The van der Waals surface area contributed by atoms with Gasteiger partial charge in [0, 0.05) is 6.42 Å². The number of hydrogen-bond donors (Lipinski definition) is 1. The average Bonchev–Trinajstić information content (AvgIpc) is 1.85. The Bertz CT molecular complexity index is 110. The van der Waals surface area contributed by atoms with Crippen molar-refractivity contribution in [2.75, 3.05) is 13.1 Å². The molecule has 2 nitrogen and oxygen atoms in total. The van der Waals surface area contributed by atoms with E-state index >= 15 is 0 Å². The number of Topliss-reactive ketones (excluding diaryl/α,β-unsaturated/α-hetero) is 1. The highest BCUT2D eigenvalue weighted by Gasteiger charge is 1.94. The van der Waals surface area contributed by atoms with Crippen LogP contribution in [0.5, 0.6) is 0 Å². The Morgan fingerprint density at radius 1 is 1.45 bits per heavy atom. The van der Waals surface area contributed by atoms with Crippen LogP contribution in [0.4, 0.5) is 0 Å².